The lowest BCUT2D eigenvalue weighted by molar-refractivity contribution is -0.137. The van der Waals surface area contributed by atoms with Gasteiger partial charge in [0.2, 0.25) is 23.7 Å². The van der Waals surface area contributed by atoms with Gasteiger partial charge in [-0.1, -0.05) is 18.2 Å². The van der Waals surface area contributed by atoms with Crippen molar-refractivity contribution < 1.29 is 43.2 Å². The molecule has 1 unspecified atom stereocenters. The smallest absolute Gasteiger partial charge is 0.278 e. The molecule has 71 heavy (non-hydrogen) atoms. The Morgan fingerprint density at radius 1 is 0.873 bits per heavy atom. The van der Waals surface area contributed by atoms with Crippen LogP contribution in [0.2, 0.25) is 0 Å². The number of hydrogen-bond acceptors (Lipinski definition) is 16. The summed E-state index contributed by atoms with van der Waals surface area (Å²) >= 11 is 0. The number of carbonyl (C=O) groups excluding carboxylic acids is 4. The number of pyridine rings is 1. The van der Waals surface area contributed by atoms with Gasteiger partial charge in [0.05, 0.1) is 71.5 Å². The maximum atomic E-state index is 13.4. The summed E-state index contributed by atoms with van der Waals surface area (Å²) in [4.78, 5) is 82.7. The zero-order valence-electron chi connectivity index (χ0n) is 40.1. The molecule has 0 radical (unpaired) electrons. The Balaban J connectivity index is 0.667. The van der Waals surface area contributed by atoms with Gasteiger partial charge in [-0.05, 0) is 68.8 Å². The number of piperazine rings is 1. The predicted octanol–water partition coefficient (Wildman–Crippen LogP) is 3.11. The van der Waals surface area contributed by atoms with E-state index in [2.05, 4.69) is 37.4 Å². The van der Waals surface area contributed by atoms with E-state index in [1.54, 1.807) is 54.9 Å². The Kier molecular flexibility index (Phi) is 16.5. The lowest BCUT2D eigenvalue weighted by Gasteiger charge is -2.36. The fraction of sp³-hybridized carbons (Fsp3) is 0.440. The molecule has 2 fully saturated rings. The molecule has 3 aliphatic heterocycles. The van der Waals surface area contributed by atoms with Crippen LogP contribution in [0.25, 0.3) is 16.9 Å². The fourth-order valence-electron chi connectivity index (χ4n) is 8.68. The van der Waals surface area contributed by atoms with Gasteiger partial charge in [0.15, 0.2) is 11.5 Å². The molecular weight excluding hydrogens is 915 g/mol. The van der Waals surface area contributed by atoms with Crippen molar-refractivity contribution in [3.63, 3.8) is 0 Å². The summed E-state index contributed by atoms with van der Waals surface area (Å²) in [7, 11) is 0. The largest absolute Gasteiger partial charge is 0.384 e. The van der Waals surface area contributed by atoms with Crippen molar-refractivity contribution in [3.8, 4) is 5.82 Å². The van der Waals surface area contributed by atoms with Crippen molar-refractivity contribution in [1.82, 2.24) is 39.4 Å². The van der Waals surface area contributed by atoms with Crippen molar-refractivity contribution in [2.24, 2.45) is 0 Å². The second-order valence-corrected chi connectivity index (χ2v) is 17.8. The zero-order chi connectivity index (χ0) is 49.9. The van der Waals surface area contributed by atoms with Crippen LogP contribution in [0.4, 0.5) is 23.0 Å². The van der Waals surface area contributed by atoms with E-state index in [1.807, 2.05) is 35.2 Å². The lowest BCUT2D eigenvalue weighted by Crippen LogP contribution is -2.52. The monoisotopic (exact) mass is 975 g/mol. The number of ether oxygens (including phenoxy) is 4. The number of nitrogens with one attached hydrogen (secondary N) is 3. The van der Waals surface area contributed by atoms with Crippen LogP contribution in [0.15, 0.2) is 84.3 Å². The minimum Gasteiger partial charge on any atom is -0.384 e. The zero-order valence-corrected chi connectivity index (χ0v) is 40.1. The van der Waals surface area contributed by atoms with E-state index in [0.717, 1.165) is 22.6 Å². The third-order valence-electron chi connectivity index (χ3n) is 12.4. The quantitative estimate of drug-likeness (QED) is 0.0395. The average Bonchev–Trinajstić information content (AvgIpc) is 3.84. The molecule has 2 saturated heterocycles. The molecule has 21 nitrogen and oxygen atoms in total. The second-order valence-electron chi connectivity index (χ2n) is 17.8. The minimum absolute atomic E-state index is 0.0536. The van der Waals surface area contributed by atoms with Gasteiger partial charge >= 0.3 is 0 Å². The number of piperidine rings is 1. The van der Waals surface area contributed by atoms with E-state index >= 15 is 0 Å². The molecule has 4 amide bonds. The topological polar surface area (TPSA) is 237 Å². The Labute approximate surface area is 410 Å². The summed E-state index contributed by atoms with van der Waals surface area (Å²) in [6, 6.07) is 17.9. The Morgan fingerprint density at radius 2 is 1.56 bits per heavy atom. The second kappa shape index (κ2) is 23.3. The first kappa shape index (κ1) is 50.4. The van der Waals surface area contributed by atoms with Gasteiger partial charge < -0.3 is 49.4 Å². The first-order chi connectivity index (χ1) is 34.4. The molecule has 6 heterocycles. The number of aliphatic hydroxyl groups is 1. The van der Waals surface area contributed by atoms with Crippen molar-refractivity contribution in [2.75, 3.05) is 101 Å². The number of rotatable bonds is 24. The molecule has 8 rings (SSSR count). The summed E-state index contributed by atoms with van der Waals surface area (Å²) in [6.07, 6.45) is 3.94. The molecular formula is C50H61N11O10. The minimum atomic E-state index is -1.19. The molecule has 21 heteroatoms. The Morgan fingerprint density at radius 3 is 2.25 bits per heavy atom. The summed E-state index contributed by atoms with van der Waals surface area (Å²) in [5, 5.41) is 19.8. The number of carbonyl (C=O) groups is 4. The van der Waals surface area contributed by atoms with E-state index in [4.69, 9.17) is 23.9 Å². The first-order valence-corrected chi connectivity index (χ1v) is 23.9. The molecule has 1 atom stereocenters. The summed E-state index contributed by atoms with van der Waals surface area (Å²) < 4.78 is 25.7. The molecule has 0 aliphatic carbocycles. The number of allylic oxidation sites excluding steroid dienone is 1. The van der Waals surface area contributed by atoms with Gasteiger partial charge in [-0.25, -0.2) is 19.3 Å². The van der Waals surface area contributed by atoms with Crippen molar-refractivity contribution in [2.45, 2.75) is 57.8 Å². The van der Waals surface area contributed by atoms with Crippen molar-refractivity contribution in [1.29, 1.82) is 0 Å². The maximum Gasteiger partial charge on any atom is 0.278 e. The standard InChI is InChI=1S/C50H61N11O10/c1-4-19-60-48(66)37-32-52-49(56-45(37)61(60)42-10-6-9-41(54-42)50(2,3)67)53-34-11-13-35(14-12-34)57-20-22-58(23-21-57)44(63)17-24-68-26-28-70-30-31-71-29-27-69-25-18-51-39-8-5-7-36-38(39)33-59(47(36)65)40-15-16-43(62)55-46(40)64/h4-14,32,40,51,67H,1,15-31,33H2,2-3H3,(H,52,53,56)(H,55,62,64). The summed E-state index contributed by atoms with van der Waals surface area (Å²) in [5.41, 5.74) is 3.30. The predicted molar refractivity (Wildman–Crippen MR) is 264 cm³/mol. The van der Waals surface area contributed by atoms with Gasteiger partial charge in [-0.15, -0.1) is 6.58 Å². The maximum absolute atomic E-state index is 13.4. The number of imide groups is 1. The molecule has 0 spiro atoms. The molecule has 3 aliphatic rings. The SMILES string of the molecule is C=CCn1c(=O)c2cnc(Nc3ccc(N4CCN(C(=O)CCOCCOCCOCCOCCNc5cccc6c5CN(C5CCC(=O)NC5=O)C6=O)CC4)cc3)nc2n1-c1cccc(C(C)(C)O)n1. The normalized spacial score (nSPS) is 16.1. The Hall–Kier alpha value is -7.04. The number of amides is 4. The van der Waals surface area contributed by atoms with Crippen LogP contribution in [-0.4, -0.2) is 154 Å². The Bertz CT molecular complexity index is 2760. The van der Waals surface area contributed by atoms with E-state index in [9.17, 15) is 29.1 Å². The highest BCUT2D eigenvalue weighted by atomic mass is 16.6. The van der Waals surface area contributed by atoms with E-state index in [0.29, 0.717) is 139 Å². The molecule has 3 aromatic heterocycles. The molecule has 2 aromatic carbocycles. The molecule has 4 N–H and O–H groups in total. The summed E-state index contributed by atoms with van der Waals surface area (Å²) in [6.45, 7) is 13.9. The lowest BCUT2D eigenvalue weighted by atomic mass is 10.0. The van der Waals surface area contributed by atoms with Gasteiger partial charge in [-0.2, -0.15) is 4.98 Å². The summed E-state index contributed by atoms with van der Waals surface area (Å²) in [5.74, 6) is -0.185. The number of fused-ring (bicyclic) bond motifs is 2. The van der Waals surface area contributed by atoms with Crippen molar-refractivity contribution in [3.05, 3.63) is 107 Å². The highest BCUT2D eigenvalue weighted by Crippen LogP contribution is 2.32. The number of nitrogens with zero attached hydrogens (tertiary/aromatic N) is 8. The number of anilines is 4. The average molecular weight is 976 g/mol. The number of hydrogen-bond donors (Lipinski definition) is 4. The van der Waals surface area contributed by atoms with Gasteiger partial charge in [0.25, 0.3) is 11.5 Å². The van der Waals surface area contributed by atoms with Crippen LogP contribution in [0.5, 0.6) is 0 Å². The highest BCUT2D eigenvalue weighted by molar-refractivity contribution is 6.06. The fourth-order valence-corrected chi connectivity index (χ4v) is 8.68. The number of benzene rings is 2. The van der Waals surface area contributed by atoms with Gasteiger partial charge in [-0.3, -0.25) is 29.3 Å². The molecule has 0 bridgehead atoms. The van der Waals surface area contributed by atoms with Gasteiger partial charge in [0.1, 0.15) is 17.0 Å². The van der Waals surface area contributed by atoms with Crippen molar-refractivity contribution >= 4 is 57.7 Å². The molecule has 376 valence electrons. The highest BCUT2D eigenvalue weighted by Gasteiger charge is 2.40. The van der Waals surface area contributed by atoms with Crippen LogP contribution >= 0.6 is 0 Å². The molecule has 0 saturated carbocycles. The van der Waals surface area contributed by atoms with E-state index in [-0.39, 0.29) is 36.2 Å². The van der Waals surface area contributed by atoms with Crippen LogP contribution in [0.1, 0.15) is 54.7 Å². The third kappa shape index (κ3) is 12.3. The first-order valence-electron chi connectivity index (χ1n) is 23.9. The molecule has 5 aromatic rings. The third-order valence-corrected chi connectivity index (χ3v) is 12.4. The van der Waals surface area contributed by atoms with Crippen LogP contribution in [-0.2, 0) is 52.0 Å². The van der Waals surface area contributed by atoms with E-state index in [1.165, 1.54) is 15.8 Å². The van der Waals surface area contributed by atoms with Crippen LogP contribution in [0, 0.1) is 0 Å². The van der Waals surface area contributed by atoms with Crippen LogP contribution in [0.3, 0.4) is 0 Å². The van der Waals surface area contributed by atoms with Gasteiger partial charge in [0, 0.05) is 80.1 Å². The number of aromatic nitrogens is 5. The van der Waals surface area contributed by atoms with E-state index < -0.39 is 17.6 Å². The van der Waals surface area contributed by atoms with Crippen LogP contribution < -0.4 is 26.4 Å².